The number of aromatic nitrogens is 4. The fourth-order valence-electron chi connectivity index (χ4n) is 3.94. The number of carbonyl (C=O) groups is 1. The number of nitrogens with zero attached hydrogens (tertiary/aromatic N) is 5. The van der Waals surface area contributed by atoms with E-state index in [1.807, 2.05) is 28.7 Å². The Morgan fingerprint density at radius 3 is 2.89 bits per heavy atom. The molecule has 8 heteroatoms. The molecule has 1 aromatic carbocycles. The van der Waals surface area contributed by atoms with Gasteiger partial charge in [0.2, 0.25) is 0 Å². The fraction of sp³-hybridized carbons (Fsp3) is 0.300. The monoisotopic (exact) mass is 375 g/mol. The van der Waals surface area contributed by atoms with Crippen molar-refractivity contribution in [1.29, 1.82) is 0 Å². The van der Waals surface area contributed by atoms with Crippen LogP contribution in [0.15, 0.2) is 36.5 Å². The van der Waals surface area contributed by atoms with E-state index in [1.54, 1.807) is 19.3 Å². The molecule has 0 aliphatic carbocycles. The topological polar surface area (TPSA) is 101 Å². The van der Waals surface area contributed by atoms with Crippen LogP contribution in [-0.4, -0.2) is 51.4 Å². The van der Waals surface area contributed by atoms with Gasteiger partial charge in [0.1, 0.15) is 11.3 Å². The van der Waals surface area contributed by atoms with E-state index in [9.17, 15) is 4.79 Å². The maximum Gasteiger partial charge on any atom is 0.254 e. The SMILES string of the molecule is CNC(=O)c1cc2ncc(N3CCC[C@H](N)C3)nc2n2c1nc1ccccc12. The molecule has 3 N–H and O–H groups in total. The zero-order valence-corrected chi connectivity index (χ0v) is 15.6. The molecule has 1 saturated heterocycles. The van der Waals surface area contributed by atoms with Gasteiger partial charge in [0.15, 0.2) is 11.3 Å². The van der Waals surface area contributed by atoms with Crippen molar-refractivity contribution in [3.8, 4) is 0 Å². The third-order valence-corrected chi connectivity index (χ3v) is 5.32. The molecule has 1 atom stereocenters. The number of hydrogen-bond donors (Lipinski definition) is 2. The summed E-state index contributed by atoms with van der Waals surface area (Å²) in [4.78, 5) is 28.9. The van der Waals surface area contributed by atoms with Crippen molar-refractivity contribution >= 4 is 39.6 Å². The number of fused-ring (bicyclic) bond motifs is 5. The summed E-state index contributed by atoms with van der Waals surface area (Å²) in [5.41, 5.74) is 10.3. The van der Waals surface area contributed by atoms with Crippen molar-refractivity contribution in [2.75, 3.05) is 25.0 Å². The second kappa shape index (κ2) is 6.42. The lowest BCUT2D eigenvalue weighted by Crippen LogP contribution is -2.43. The predicted molar refractivity (Wildman–Crippen MR) is 109 cm³/mol. The van der Waals surface area contributed by atoms with Crippen molar-refractivity contribution in [1.82, 2.24) is 24.7 Å². The standard InChI is InChI=1S/C20H21N7O/c1-22-20(28)13-9-15-19(27-16-7-3-2-6-14(16)24-18(13)27)25-17(10-23-15)26-8-4-5-12(21)11-26/h2-3,6-7,9-10,12H,4-5,8,11,21H2,1H3,(H,22,28)/t12-/m0/s1. The largest absolute Gasteiger partial charge is 0.355 e. The second-order valence-corrected chi connectivity index (χ2v) is 7.18. The highest BCUT2D eigenvalue weighted by atomic mass is 16.1. The molecule has 4 heterocycles. The first-order valence-electron chi connectivity index (χ1n) is 9.45. The first-order valence-corrected chi connectivity index (χ1v) is 9.45. The van der Waals surface area contributed by atoms with Crippen LogP contribution in [0.5, 0.6) is 0 Å². The van der Waals surface area contributed by atoms with Gasteiger partial charge in [0.05, 0.1) is 22.8 Å². The van der Waals surface area contributed by atoms with Crippen LogP contribution in [-0.2, 0) is 0 Å². The minimum atomic E-state index is -0.199. The Morgan fingerprint density at radius 1 is 1.21 bits per heavy atom. The lowest BCUT2D eigenvalue weighted by Gasteiger charge is -2.31. The van der Waals surface area contributed by atoms with Gasteiger partial charge >= 0.3 is 0 Å². The maximum atomic E-state index is 12.5. The van der Waals surface area contributed by atoms with E-state index in [1.165, 1.54) is 0 Å². The number of nitrogens with two attached hydrogens (primary N) is 1. The predicted octanol–water partition coefficient (Wildman–Crippen LogP) is 1.72. The number of para-hydroxylation sites is 2. The minimum absolute atomic E-state index is 0.149. The molecule has 0 unspecified atom stereocenters. The summed E-state index contributed by atoms with van der Waals surface area (Å²) in [6.07, 6.45) is 3.84. The van der Waals surface area contributed by atoms with E-state index in [2.05, 4.69) is 20.2 Å². The first kappa shape index (κ1) is 16.9. The Kier molecular flexibility index (Phi) is 3.87. The molecular weight excluding hydrogens is 354 g/mol. The first-order chi connectivity index (χ1) is 13.7. The number of carbonyl (C=O) groups excluding carboxylic acids is 1. The van der Waals surface area contributed by atoms with Crippen LogP contribution in [0, 0.1) is 0 Å². The van der Waals surface area contributed by atoms with E-state index < -0.39 is 0 Å². The number of benzene rings is 1. The number of piperidine rings is 1. The summed E-state index contributed by atoms with van der Waals surface area (Å²) in [6, 6.07) is 9.71. The van der Waals surface area contributed by atoms with Gasteiger partial charge in [-0.2, -0.15) is 0 Å². The van der Waals surface area contributed by atoms with Gasteiger partial charge in [-0.25, -0.2) is 15.0 Å². The number of hydrogen-bond acceptors (Lipinski definition) is 6. The van der Waals surface area contributed by atoms with Gasteiger partial charge < -0.3 is 16.0 Å². The normalized spacial score (nSPS) is 17.5. The van der Waals surface area contributed by atoms with Crippen LogP contribution in [0.25, 0.3) is 27.8 Å². The van der Waals surface area contributed by atoms with Crippen molar-refractivity contribution < 1.29 is 4.79 Å². The molecule has 1 aliphatic rings. The fourth-order valence-corrected chi connectivity index (χ4v) is 3.94. The Labute approximate surface area is 161 Å². The summed E-state index contributed by atoms with van der Waals surface area (Å²) >= 11 is 0. The molecule has 0 spiro atoms. The van der Waals surface area contributed by atoms with Gasteiger partial charge in [-0.1, -0.05) is 12.1 Å². The van der Waals surface area contributed by atoms with Gasteiger partial charge in [0.25, 0.3) is 5.91 Å². The third kappa shape index (κ3) is 2.56. The zero-order chi connectivity index (χ0) is 19.3. The van der Waals surface area contributed by atoms with Gasteiger partial charge in [-0.05, 0) is 31.0 Å². The van der Waals surface area contributed by atoms with E-state index in [4.69, 9.17) is 10.7 Å². The highest BCUT2D eigenvalue weighted by Gasteiger charge is 2.21. The Hall–Kier alpha value is -3.26. The van der Waals surface area contributed by atoms with E-state index in [0.29, 0.717) is 22.4 Å². The van der Waals surface area contributed by atoms with Crippen LogP contribution in [0.4, 0.5) is 5.82 Å². The summed E-state index contributed by atoms with van der Waals surface area (Å²) in [5, 5.41) is 2.69. The highest BCUT2D eigenvalue weighted by Crippen LogP contribution is 2.26. The molecule has 4 aromatic rings. The molecule has 0 bridgehead atoms. The van der Waals surface area contributed by atoms with Crippen molar-refractivity contribution in [3.05, 3.63) is 42.1 Å². The van der Waals surface area contributed by atoms with E-state index >= 15 is 0 Å². The van der Waals surface area contributed by atoms with Crippen molar-refractivity contribution in [3.63, 3.8) is 0 Å². The molecular formula is C20H21N7O. The summed E-state index contributed by atoms with van der Waals surface area (Å²) in [6.45, 7) is 1.68. The maximum absolute atomic E-state index is 12.5. The number of amides is 1. The number of nitrogens with one attached hydrogen (secondary N) is 1. The summed E-state index contributed by atoms with van der Waals surface area (Å²) < 4.78 is 1.93. The molecule has 0 saturated carbocycles. The van der Waals surface area contributed by atoms with E-state index in [-0.39, 0.29) is 11.9 Å². The van der Waals surface area contributed by atoms with Crippen molar-refractivity contribution in [2.24, 2.45) is 5.73 Å². The van der Waals surface area contributed by atoms with Crippen LogP contribution in [0.1, 0.15) is 23.2 Å². The highest BCUT2D eigenvalue weighted by molar-refractivity contribution is 6.04. The Morgan fingerprint density at radius 2 is 2.07 bits per heavy atom. The molecule has 0 radical (unpaired) electrons. The Balaban J connectivity index is 1.81. The molecule has 3 aromatic heterocycles. The lowest BCUT2D eigenvalue weighted by atomic mass is 10.1. The zero-order valence-electron chi connectivity index (χ0n) is 15.6. The van der Waals surface area contributed by atoms with E-state index in [0.717, 1.165) is 42.8 Å². The van der Waals surface area contributed by atoms with Gasteiger partial charge in [-0.3, -0.25) is 9.20 Å². The average Bonchev–Trinajstić information content (AvgIpc) is 3.12. The molecule has 1 fully saturated rings. The number of imidazole rings is 1. The van der Waals surface area contributed by atoms with Crippen LogP contribution < -0.4 is 16.0 Å². The number of anilines is 1. The van der Waals surface area contributed by atoms with Crippen LogP contribution >= 0.6 is 0 Å². The lowest BCUT2D eigenvalue weighted by molar-refractivity contribution is 0.0964. The van der Waals surface area contributed by atoms with Crippen LogP contribution in [0.2, 0.25) is 0 Å². The molecule has 142 valence electrons. The van der Waals surface area contributed by atoms with Crippen molar-refractivity contribution in [2.45, 2.75) is 18.9 Å². The quantitative estimate of drug-likeness (QED) is 0.553. The third-order valence-electron chi connectivity index (χ3n) is 5.32. The van der Waals surface area contributed by atoms with Crippen LogP contribution in [0.3, 0.4) is 0 Å². The summed E-state index contributed by atoms with van der Waals surface area (Å²) in [5.74, 6) is 0.601. The molecule has 28 heavy (non-hydrogen) atoms. The minimum Gasteiger partial charge on any atom is -0.355 e. The molecule has 1 amide bonds. The molecule has 5 rings (SSSR count). The molecule has 8 nitrogen and oxygen atoms in total. The average molecular weight is 375 g/mol. The van der Waals surface area contributed by atoms with Gasteiger partial charge in [0, 0.05) is 26.2 Å². The number of rotatable bonds is 2. The second-order valence-electron chi connectivity index (χ2n) is 7.18. The Bertz CT molecular complexity index is 1220. The number of pyridine rings is 1. The smallest absolute Gasteiger partial charge is 0.254 e. The summed E-state index contributed by atoms with van der Waals surface area (Å²) in [7, 11) is 1.61. The van der Waals surface area contributed by atoms with Gasteiger partial charge in [-0.15, -0.1) is 0 Å². The molecule has 1 aliphatic heterocycles.